The van der Waals surface area contributed by atoms with Crippen LogP contribution in [-0.2, 0) is 5.88 Å². The maximum Gasteiger partial charge on any atom is 0.121 e. The van der Waals surface area contributed by atoms with E-state index in [0.29, 0.717) is 5.88 Å². The molecule has 2 aromatic rings. The Morgan fingerprint density at radius 3 is 2.60 bits per heavy atom. The van der Waals surface area contributed by atoms with Crippen LogP contribution < -0.4 is 0 Å². The van der Waals surface area contributed by atoms with Crippen LogP contribution in [0.15, 0.2) is 30.7 Å². The van der Waals surface area contributed by atoms with Crippen LogP contribution in [0.2, 0.25) is 0 Å². The lowest BCUT2D eigenvalue weighted by Gasteiger charge is -1.93. The lowest BCUT2D eigenvalue weighted by Crippen LogP contribution is -1.81. The summed E-state index contributed by atoms with van der Waals surface area (Å²) in [6, 6.07) is 3.86. The molecule has 1 N–H and O–H groups in total. The largest absolute Gasteiger partial charge is 0.341 e. The average molecular weight is 267 g/mol. The maximum atomic E-state index is 5.62. The highest BCUT2D eigenvalue weighted by molar-refractivity contribution is 6.16. The minimum Gasteiger partial charge on any atom is -0.341 e. The molecule has 82 valence electrons. The van der Waals surface area contributed by atoms with Gasteiger partial charge in [0, 0.05) is 18.0 Å². The first-order chi connectivity index (χ1) is 6.40. The number of nitrogens with one attached hydrogen (secondary N) is 1. The smallest absolute Gasteiger partial charge is 0.121 e. The lowest BCUT2D eigenvalue weighted by atomic mass is 10.2. The van der Waals surface area contributed by atoms with Gasteiger partial charge in [0.15, 0.2) is 0 Å². The Morgan fingerprint density at radius 1 is 1.27 bits per heavy atom. The van der Waals surface area contributed by atoms with Gasteiger partial charge in [-0.1, -0.05) is 0 Å². The minimum atomic E-state index is 0. The number of alkyl halides is 1. The molecule has 0 amide bonds. The Balaban J connectivity index is 0.000000980. The van der Waals surface area contributed by atoms with Gasteiger partial charge < -0.3 is 4.98 Å². The van der Waals surface area contributed by atoms with Crippen molar-refractivity contribution in [2.75, 3.05) is 0 Å². The fourth-order valence-electron chi connectivity index (χ4n) is 1.10. The number of H-pyrrole nitrogens is 1. The van der Waals surface area contributed by atoms with E-state index in [4.69, 9.17) is 11.6 Å². The summed E-state index contributed by atoms with van der Waals surface area (Å²) in [4.78, 5) is 11.2. The second-order valence-corrected chi connectivity index (χ2v) is 2.89. The number of nitrogens with zero attached hydrogens (tertiary/aromatic N) is 2. The third-order valence-corrected chi connectivity index (χ3v) is 1.98. The fraction of sp³-hybridized carbons (Fsp3) is 0.111. The van der Waals surface area contributed by atoms with E-state index in [0.717, 1.165) is 17.1 Å². The van der Waals surface area contributed by atoms with Gasteiger partial charge in [-0.15, -0.1) is 36.4 Å². The van der Waals surface area contributed by atoms with Gasteiger partial charge in [-0.3, -0.25) is 4.98 Å². The summed E-state index contributed by atoms with van der Waals surface area (Å²) in [5, 5.41) is 0. The highest BCUT2D eigenvalue weighted by Gasteiger charge is 2.00. The third kappa shape index (κ3) is 3.38. The molecule has 0 fully saturated rings. The van der Waals surface area contributed by atoms with E-state index in [2.05, 4.69) is 15.0 Å². The predicted octanol–water partition coefficient (Wildman–Crippen LogP) is 3.05. The molecule has 2 aromatic heterocycles. The molecule has 0 radical (unpaired) electrons. The average Bonchev–Trinajstić information content (AvgIpc) is 2.67. The van der Waals surface area contributed by atoms with Crippen molar-refractivity contribution in [3.05, 3.63) is 36.5 Å². The third-order valence-electron chi connectivity index (χ3n) is 1.73. The first-order valence-electron chi connectivity index (χ1n) is 3.90. The Kier molecular flexibility index (Phi) is 6.32. The number of hydrogen-bond acceptors (Lipinski definition) is 2. The van der Waals surface area contributed by atoms with Gasteiger partial charge >= 0.3 is 0 Å². The quantitative estimate of drug-likeness (QED) is 0.849. The van der Waals surface area contributed by atoms with Gasteiger partial charge in [0.25, 0.3) is 0 Å². The number of rotatable bonds is 2. The zero-order chi connectivity index (χ0) is 9.10. The normalized spacial score (nSPS) is 8.87. The predicted molar refractivity (Wildman–Crippen MR) is 65.9 cm³/mol. The van der Waals surface area contributed by atoms with Crippen molar-refractivity contribution in [3.63, 3.8) is 0 Å². The van der Waals surface area contributed by atoms with Crippen molar-refractivity contribution in [2.45, 2.75) is 5.88 Å². The first-order valence-corrected chi connectivity index (χ1v) is 4.44. The van der Waals surface area contributed by atoms with Crippen LogP contribution in [-0.4, -0.2) is 15.0 Å². The second-order valence-electron chi connectivity index (χ2n) is 2.62. The van der Waals surface area contributed by atoms with Crippen molar-refractivity contribution in [3.8, 4) is 11.3 Å². The Labute approximate surface area is 105 Å². The molecule has 0 spiro atoms. The molecule has 0 atom stereocenters. The molecule has 6 heteroatoms. The molecular weight excluding hydrogens is 256 g/mol. The zero-order valence-corrected chi connectivity index (χ0v) is 10.1. The summed E-state index contributed by atoms with van der Waals surface area (Å²) >= 11 is 5.62. The number of hydrogen-bond donors (Lipinski definition) is 1. The van der Waals surface area contributed by atoms with E-state index in [9.17, 15) is 0 Å². The number of imidazole rings is 1. The van der Waals surface area contributed by atoms with Gasteiger partial charge in [0.1, 0.15) is 5.82 Å². The van der Waals surface area contributed by atoms with E-state index >= 15 is 0 Å². The summed E-state index contributed by atoms with van der Waals surface area (Å²) < 4.78 is 0. The highest BCUT2D eigenvalue weighted by Crippen LogP contribution is 2.15. The van der Waals surface area contributed by atoms with Gasteiger partial charge in [-0.2, -0.15) is 0 Å². The summed E-state index contributed by atoms with van der Waals surface area (Å²) in [6.07, 6.45) is 5.28. The molecule has 0 aromatic carbocycles. The Bertz CT molecular complexity index is 389. The Morgan fingerprint density at radius 2 is 2.07 bits per heavy atom. The molecular formula is C9H10Cl3N3. The van der Waals surface area contributed by atoms with Gasteiger partial charge in [-0.05, 0) is 12.1 Å². The molecule has 0 unspecified atom stereocenters. The van der Waals surface area contributed by atoms with E-state index in [-0.39, 0.29) is 24.8 Å². The molecule has 2 rings (SSSR count). The van der Waals surface area contributed by atoms with Crippen LogP contribution >= 0.6 is 36.4 Å². The lowest BCUT2D eigenvalue weighted by molar-refractivity contribution is 1.12. The van der Waals surface area contributed by atoms with Crippen LogP contribution in [0.1, 0.15) is 5.82 Å². The van der Waals surface area contributed by atoms with Crippen LogP contribution in [0.5, 0.6) is 0 Å². The van der Waals surface area contributed by atoms with E-state index in [1.165, 1.54) is 0 Å². The van der Waals surface area contributed by atoms with E-state index in [1.807, 2.05) is 12.1 Å². The standard InChI is InChI=1S/C9H8ClN3.2ClH/c10-4-9-12-6-8(13-9)7-2-1-3-11-5-7;;/h1-3,5-6H,4H2,(H,12,13);2*1H. The number of aromatic nitrogens is 3. The van der Waals surface area contributed by atoms with E-state index < -0.39 is 0 Å². The van der Waals surface area contributed by atoms with Gasteiger partial charge in [0.2, 0.25) is 0 Å². The first kappa shape index (κ1) is 14.2. The minimum absolute atomic E-state index is 0. The SMILES string of the molecule is Cl.Cl.ClCc1ncc(-c2cccnc2)[nH]1. The summed E-state index contributed by atoms with van der Waals surface area (Å²) in [6.45, 7) is 0. The number of halogens is 3. The van der Waals surface area contributed by atoms with Crippen molar-refractivity contribution >= 4 is 36.4 Å². The van der Waals surface area contributed by atoms with Crippen molar-refractivity contribution in [1.29, 1.82) is 0 Å². The number of aromatic amines is 1. The summed E-state index contributed by atoms with van der Waals surface area (Å²) in [7, 11) is 0. The van der Waals surface area contributed by atoms with Crippen molar-refractivity contribution < 1.29 is 0 Å². The van der Waals surface area contributed by atoms with Crippen molar-refractivity contribution in [2.24, 2.45) is 0 Å². The molecule has 0 bridgehead atoms. The topological polar surface area (TPSA) is 41.6 Å². The monoisotopic (exact) mass is 265 g/mol. The summed E-state index contributed by atoms with van der Waals surface area (Å²) in [5.41, 5.74) is 1.97. The van der Waals surface area contributed by atoms with Crippen LogP contribution in [0.4, 0.5) is 0 Å². The van der Waals surface area contributed by atoms with Gasteiger partial charge in [0.05, 0.1) is 17.8 Å². The van der Waals surface area contributed by atoms with E-state index in [1.54, 1.807) is 18.6 Å². The second kappa shape index (κ2) is 6.67. The molecule has 0 saturated carbocycles. The molecule has 2 heterocycles. The molecule has 0 saturated heterocycles. The van der Waals surface area contributed by atoms with Gasteiger partial charge in [-0.25, -0.2) is 4.98 Å². The van der Waals surface area contributed by atoms with Crippen LogP contribution in [0, 0.1) is 0 Å². The molecule has 15 heavy (non-hydrogen) atoms. The molecule has 0 aliphatic carbocycles. The zero-order valence-electron chi connectivity index (χ0n) is 7.68. The molecule has 0 aliphatic rings. The molecule has 3 nitrogen and oxygen atoms in total. The summed E-state index contributed by atoms with van der Waals surface area (Å²) in [5.74, 6) is 1.18. The molecule has 0 aliphatic heterocycles. The highest BCUT2D eigenvalue weighted by atomic mass is 35.5. The van der Waals surface area contributed by atoms with Crippen molar-refractivity contribution in [1.82, 2.24) is 15.0 Å². The maximum absolute atomic E-state index is 5.62. The van der Waals surface area contributed by atoms with Crippen LogP contribution in [0.25, 0.3) is 11.3 Å². The fourth-order valence-corrected chi connectivity index (χ4v) is 1.23. The van der Waals surface area contributed by atoms with Crippen LogP contribution in [0.3, 0.4) is 0 Å². The number of pyridine rings is 1. The Hall–Kier alpha value is -0.770.